The molecule has 1 aliphatic heterocycles. The Morgan fingerprint density at radius 1 is 1.10 bits per heavy atom. The van der Waals surface area contributed by atoms with Crippen LogP contribution in [-0.4, -0.2) is 24.9 Å². The van der Waals surface area contributed by atoms with Gasteiger partial charge < -0.3 is 16.0 Å². The molecule has 1 saturated heterocycles. The lowest BCUT2D eigenvalue weighted by Gasteiger charge is -2.27. The van der Waals surface area contributed by atoms with Gasteiger partial charge in [-0.1, -0.05) is 12.1 Å². The third kappa shape index (κ3) is 3.42. The summed E-state index contributed by atoms with van der Waals surface area (Å²) in [6, 6.07) is 7.66. The van der Waals surface area contributed by atoms with Crippen LogP contribution in [0.4, 0.5) is 5.69 Å². The maximum Gasteiger partial charge on any atom is 0.227 e. The van der Waals surface area contributed by atoms with Crippen molar-refractivity contribution >= 4 is 17.5 Å². The molecule has 2 amide bonds. The number of hydrogen-bond donors (Lipinski definition) is 3. The third-order valence-corrected chi connectivity index (χ3v) is 4.14. The van der Waals surface area contributed by atoms with E-state index in [1.807, 2.05) is 31.2 Å². The third-order valence-electron chi connectivity index (χ3n) is 4.14. The van der Waals surface area contributed by atoms with Crippen molar-refractivity contribution in [1.29, 1.82) is 0 Å². The Labute approximate surface area is 124 Å². The van der Waals surface area contributed by atoms with Gasteiger partial charge in [0.15, 0.2) is 0 Å². The van der Waals surface area contributed by atoms with Crippen LogP contribution in [0.25, 0.3) is 0 Å². The Bertz CT molecular complexity index is 533. The Hall–Kier alpha value is -1.88. The van der Waals surface area contributed by atoms with Crippen LogP contribution in [-0.2, 0) is 9.59 Å². The van der Waals surface area contributed by atoms with Crippen LogP contribution in [0.3, 0.4) is 0 Å². The Morgan fingerprint density at radius 3 is 2.29 bits per heavy atom. The molecule has 1 saturated carbocycles. The molecule has 1 atom stereocenters. The van der Waals surface area contributed by atoms with E-state index < -0.39 is 0 Å². The number of nitrogens with one attached hydrogen (secondary N) is 3. The van der Waals surface area contributed by atoms with Crippen LogP contribution in [0.5, 0.6) is 0 Å². The van der Waals surface area contributed by atoms with Gasteiger partial charge in [0, 0.05) is 24.7 Å². The number of carbonyl (C=O) groups excluding carboxylic acids is 2. The molecule has 1 aromatic carbocycles. The van der Waals surface area contributed by atoms with Gasteiger partial charge in [-0.15, -0.1) is 0 Å². The molecule has 0 radical (unpaired) electrons. The van der Waals surface area contributed by atoms with E-state index in [4.69, 9.17) is 0 Å². The molecule has 1 aliphatic carbocycles. The molecule has 21 heavy (non-hydrogen) atoms. The minimum atomic E-state index is -0.0220. The van der Waals surface area contributed by atoms with E-state index in [9.17, 15) is 9.59 Å². The van der Waals surface area contributed by atoms with E-state index in [1.165, 1.54) is 0 Å². The zero-order chi connectivity index (χ0) is 14.8. The molecule has 0 spiro atoms. The fourth-order valence-electron chi connectivity index (χ4n) is 2.33. The average molecular weight is 287 g/mol. The normalized spacial score (nSPS) is 19.5. The highest BCUT2D eigenvalue weighted by Gasteiger charge is 2.29. The molecular weight excluding hydrogens is 266 g/mol. The lowest BCUT2D eigenvalue weighted by atomic mass is 10.0. The van der Waals surface area contributed by atoms with Crippen molar-refractivity contribution in [2.45, 2.75) is 25.8 Å². The minimum absolute atomic E-state index is 0.0220. The van der Waals surface area contributed by atoms with Gasteiger partial charge in [0.25, 0.3) is 0 Å². The molecule has 1 aromatic rings. The van der Waals surface area contributed by atoms with Crippen LogP contribution in [0.15, 0.2) is 24.3 Å². The first-order chi connectivity index (χ1) is 10.1. The zero-order valence-corrected chi connectivity index (χ0v) is 12.2. The molecule has 3 N–H and O–H groups in total. The molecule has 2 aliphatic rings. The maximum absolute atomic E-state index is 11.9. The van der Waals surface area contributed by atoms with Crippen molar-refractivity contribution in [3.05, 3.63) is 29.8 Å². The van der Waals surface area contributed by atoms with Gasteiger partial charge in [0.1, 0.15) is 0 Å². The molecule has 1 heterocycles. The predicted octanol–water partition coefficient (Wildman–Crippen LogP) is 1.43. The van der Waals surface area contributed by atoms with Gasteiger partial charge in [0.05, 0.1) is 12.0 Å². The van der Waals surface area contributed by atoms with Gasteiger partial charge in [0.2, 0.25) is 11.8 Å². The number of hydrogen-bond acceptors (Lipinski definition) is 3. The summed E-state index contributed by atoms with van der Waals surface area (Å²) < 4.78 is 0. The smallest absolute Gasteiger partial charge is 0.227 e. The van der Waals surface area contributed by atoms with Crippen molar-refractivity contribution in [3.63, 3.8) is 0 Å². The summed E-state index contributed by atoms with van der Waals surface area (Å²) in [5.74, 6) is 0.525. The predicted molar refractivity (Wildman–Crippen MR) is 80.7 cm³/mol. The quantitative estimate of drug-likeness (QED) is 0.767. The molecule has 5 heteroatoms. The fraction of sp³-hybridized carbons (Fsp3) is 0.500. The molecule has 112 valence electrons. The molecule has 5 nitrogen and oxygen atoms in total. The lowest BCUT2D eigenvalue weighted by molar-refractivity contribution is -0.127. The summed E-state index contributed by atoms with van der Waals surface area (Å²) >= 11 is 0. The first-order valence-electron chi connectivity index (χ1n) is 7.55. The Morgan fingerprint density at radius 2 is 1.76 bits per heavy atom. The van der Waals surface area contributed by atoms with Crippen molar-refractivity contribution in [2.75, 3.05) is 18.4 Å². The SMILES string of the molecule is CC(NC(=O)C1CNC1)c1ccc(NC(=O)C2CC2)cc1. The summed E-state index contributed by atoms with van der Waals surface area (Å²) in [4.78, 5) is 23.6. The summed E-state index contributed by atoms with van der Waals surface area (Å²) in [7, 11) is 0. The lowest BCUT2D eigenvalue weighted by Crippen LogP contribution is -2.51. The highest BCUT2D eigenvalue weighted by atomic mass is 16.2. The number of carbonyl (C=O) groups is 2. The molecule has 0 aromatic heterocycles. The highest BCUT2D eigenvalue weighted by Crippen LogP contribution is 2.30. The molecular formula is C16H21N3O2. The minimum Gasteiger partial charge on any atom is -0.349 e. The fourth-order valence-corrected chi connectivity index (χ4v) is 2.33. The largest absolute Gasteiger partial charge is 0.349 e. The number of amides is 2. The molecule has 0 bridgehead atoms. The standard InChI is InChI=1S/C16H21N3O2/c1-10(18-16(21)13-8-17-9-13)11-4-6-14(7-5-11)19-15(20)12-2-3-12/h4-7,10,12-13,17H,2-3,8-9H2,1H3,(H,18,21)(H,19,20). The van der Waals surface area contributed by atoms with E-state index in [1.54, 1.807) is 0 Å². The average Bonchev–Trinajstić information content (AvgIpc) is 3.21. The van der Waals surface area contributed by atoms with Crippen LogP contribution in [0.1, 0.15) is 31.4 Å². The Balaban J connectivity index is 1.54. The second-order valence-electron chi connectivity index (χ2n) is 5.97. The summed E-state index contributed by atoms with van der Waals surface area (Å²) in [5.41, 5.74) is 1.86. The van der Waals surface area contributed by atoms with Crippen LogP contribution in [0.2, 0.25) is 0 Å². The van der Waals surface area contributed by atoms with Crippen molar-refractivity contribution in [2.24, 2.45) is 11.8 Å². The summed E-state index contributed by atoms with van der Waals surface area (Å²) in [6.07, 6.45) is 2.01. The summed E-state index contributed by atoms with van der Waals surface area (Å²) in [5, 5.41) is 9.03. The van der Waals surface area contributed by atoms with E-state index in [0.29, 0.717) is 0 Å². The van der Waals surface area contributed by atoms with E-state index >= 15 is 0 Å². The second-order valence-corrected chi connectivity index (χ2v) is 5.97. The van der Waals surface area contributed by atoms with Crippen molar-refractivity contribution < 1.29 is 9.59 Å². The van der Waals surface area contributed by atoms with Gasteiger partial charge in [-0.25, -0.2) is 0 Å². The zero-order valence-electron chi connectivity index (χ0n) is 12.2. The summed E-state index contributed by atoms with van der Waals surface area (Å²) in [6.45, 7) is 3.51. The molecule has 2 fully saturated rings. The van der Waals surface area contributed by atoms with Crippen LogP contribution >= 0.6 is 0 Å². The number of anilines is 1. The topological polar surface area (TPSA) is 70.2 Å². The second kappa shape index (κ2) is 5.85. The maximum atomic E-state index is 11.9. The Kier molecular flexibility index (Phi) is 3.92. The molecule has 1 unspecified atom stereocenters. The highest BCUT2D eigenvalue weighted by molar-refractivity contribution is 5.94. The van der Waals surface area contributed by atoms with Crippen molar-refractivity contribution in [1.82, 2.24) is 10.6 Å². The van der Waals surface area contributed by atoms with E-state index in [2.05, 4.69) is 16.0 Å². The number of benzene rings is 1. The van der Waals surface area contributed by atoms with Crippen molar-refractivity contribution in [3.8, 4) is 0 Å². The van der Waals surface area contributed by atoms with Crippen LogP contribution in [0, 0.1) is 11.8 Å². The van der Waals surface area contributed by atoms with Gasteiger partial charge in [-0.05, 0) is 37.5 Å². The van der Waals surface area contributed by atoms with E-state index in [-0.39, 0.29) is 29.7 Å². The van der Waals surface area contributed by atoms with Gasteiger partial charge in [-0.2, -0.15) is 0 Å². The first-order valence-corrected chi connectivity index (χ1v) is 7.55. The van der Waals surface area contributed by atoms with Crippen LogP contribution < -0.4 is 16.0 Å². The monoisotopic (exact) mass is 287 g/mol. The molecule has 3 rings (SSSR count). The van der Waals surface area contributed by atoms with Gasteiger partial charge in [-0.3, -0.25) is 9.59 Å². The van der Waals surface area contributed by atoms with Gasteiger partial charge >= 0.3 is 0 Å². The van der Waals surface area contributed by atoms with E-state index in [0.717, 1.165) is 37.2 Å². The number of rotatable bonds is 5. The first kappa shape index (κ1) is 14.1.